The van der Waals surface area contributed by atoms with Crippen molar-refractivity contribution in [3.63, 3.8) is 0 Å². The van der Waals surface area contributed by atoms with Crippen LogP contribution in [0.4, 0.5) is 5.82 Å². The second kappa shape index (κ2) is 9.39. The minimum Gasteiger partial charge on any atom is -0.497 e. The van der Waals surface area contributed by atoms with Crippen LogP contribution in [0.3, 0.4) is 0 Å². The Bertz CT molecular complexity index is 1190. The Balaban J connectivity index is 0.000000176. The number of benzene rings is 1. The number of oxazole rings is 1. The number of nitrogen functional groups attached to an aromatic ring is 1. The number of Topliss-reactive ketones (excluding diaryl/α,β-unsaturated/α-hetero) is 1. The second-order valence-electron chi connectivity index (χ2n) is 6.19. The van der Waals surface area contributed by atoms with E-state index >= 15 is 0 Å². The molecule has 0 aliphatic heterocycles. The first-order chi connectivity index (χ1) is 14.9. The molecule has 0 spiro atoms. The van der Waals surface area contributed by atoms with Gasteiger partial charge in [0, 0.05) is 12.5 Å². The SMILES string of the molecule is CC(=O)c1ccc(Cn2ncc(N)n2)o1.COc1cccc(-c2ocnc2C(=O)O)c1. The van der Waals surface area contributed by atoms with Gasteiger partial charge in [-0.15, -0.1) is 5.10 Å². The summed E-state index contributed by atoms with van der Waals surface area (Å²) >= 11 is 0. The summed E-state index contributed by atoms with van der Waals surface area (Å²) < 4.78 is 15.4. The normalized spacial score (nSPS) is 10.3. The molecule has 4 aromatic rings. The van der Waals surface area contributed by atoms with Crippen LogP contribution in [0, 0.1) is 0 Å². The quantitative estimate of drug-likeness (QED) is 0.440. The van der Waals surface area contributed by atoms with E-state index in [0.717, 1.165) is 6.39 Å². The Morgan fingerprint density at radius 1 is 1.26 bits per heavy atom. The zero-order chi connectivity index (χ0) is 22.4. The van der Waals surface area contributed by atoms with Crippen LogP contribution in [-0.2, 0) is 6.54 Å². The average molecular weight is 425 g/mol. The highest BCUT2D eigenvalue weighted by atomic mass is 16.5. The van der Waals surface area contributed by atoms with E-state index < -0.39 is 5.97 Å². The number of ketones is 1. The molecule has 0 aliphatic rings. The van der Waals surface area contributed by atoms with Crippen LogP contribution in [0.2, 0.25) is 0 Å². The molecule has 0 unspecified atom stereocenters. The van der Waals surface area contributed by atoms with Crippen LogP contribution in [0.25, 0.3) is 11.3 Å². The lowest BCUT2D eigenvalue weighted by Crippen LogP contribution is -2.03. The highest BCUT2D eigenvalue weighted by Crippen LogP contribution is 2.26. The maximum Gasteiger partial charge on any atom is 0.358 e. The van der Waals surface area contributed by atoms with E-state index in [0.29, 0.717) is 35.2 Å². The van der Waals surface area contributed by atoms with Crippen molar-refractivity contribution in [1.82, 2.24) is 20.0 Å². The van der Waals surface area contributed by atoms with Gasteiger partial charge >= 0.3 is 5.97 Å². The van der Waals surface area contributed by atoms with Gasteiger partial charge in [0.1, 0.15) is 18.1 Å². The molecule has 4 rings (SSSR count). The minimum atomic E-state index is -1.12. The van der Waals surface area contributed by atoms with E-state index in [4.69, 9.17) is 24.4 Å². The topological polar surface area (TPSA) is 160 Å². The number of rotatable bonds is 6. The van der Waals surface area contributed by atoms with Gasteiger partial charge in [0.2, 0.25) is 0 Å². The third kappa shape index (κ3) is 5.35. The van der Waals surface area contributed by atoms with Crippen molar-refractivity contribution >= 4 is 17.6 Å². The number of carboxylic acids is 1. The molecule has 0 bridgehead atoms. The third-order valence-corrected chi connectivity index (χ3v) is 3.96. The number of carboxylic acid groups (broad SMARTS) is 1. The Morgan fingerprint density at radius 3 is 2.68 bits per heavy atom. The molecule has 1 aromatic carbocycles. The minimum absolute atomic E-state index is 0.103. The summed E-state index contributed by atoms with van der Waals surface area (Å²) in [7, 11) is 1.54. The molecule has 0 amide bonds. The van der Waals surface area contributed by atoms with Gasteiger partial charge in [-0.25, -0.2) is 9.78 Å². The Labute approximate surface area is 176 Å². The summed E-state index contributed by atoms with van der Waals surface area (Å²) in [6, 6.07) is 10.3. The summed E-state index contributed by atoms with van der Waals surface area (Å²) in [5, 5.41) is 16.7. The number of furan rings is 1. The van der Waals surface area contributed by atoms with Crippen LogP contribution in [0.15, 0.2) is 57.8 Å². The lowest BCUT2D eigenvalue weighted by Gasteiger charge is -2.02. The third-order valence-electron chi connectivity index (χ3n) is 3.96. The van der Waals surface area contributed by atoms with Gasteiger partial charge in [-0.1, -0.05) is 12.1 Å². The van der Waals surface area contributed by atoms with Crippen molar-refractivity contribution in [2.45, 2.75) is 13.5 Å². The van der Waals surface area contributed by atoms with Gasteiger partial charge in [0.15, 0.2) is 35.2 Å². The number of carbonyl (C=O) groups excluding carboxylic acids is 1. The Kier molecular flexibility index (Phi) is 6.45. The van der Waals surface area contributed by atoms with Gasteiger partial charge in [0.05, 0.1) is 13.3 Å². The molecular formula is C20H19N5O6. The lowest BCUT2D eigenvalue weighted by molar-refractivity contribution is 0.0691. The van der Waals surface area contributed by atoms with Crippen molar-refractivity contribution in [3.05, 3.63) is 66.2 Å². The summed E-state index contributed by atoms with van der Waals surface area (Å²) in [5.74, 6) is 0.951. The number of ether oxygens (including phenoxy) is 1. The maximum atomic E-state index is 11.0. The summed E-state index contributed by atoms with van der Waals surface area (Å²) in [6.45, 7) is 1.82. The number of methoxy groups -OCH3 is 1. The smallest absolute Gasteiger partial charge is 0.358 e. The summed E-state index contributed by atoms with van der Waals surface area (Å²) in [6.07, 6.45) is 2.56. The predicted molar refractivity (Wildman–Crippen MR) is 108 cm³/mol. The molecule has 0 saturated carbocycles. The van der Waals surface area contributed by atoms with Crippen LogP contribution >= 0.6 is 0 Å². The fourth-order valence-corrected chi connectivity index (χ4v) is 2.55. The molecule has 11 heteroatoms. The first-order valence-corrected chi connectivity index (χ1v) is 8.94. The van der Waals surface area contributed by atoms with E-state index in [9.17, 15) is 9.59 Å². The standard InChI is InChI=1S/C11H9NO4.C9H10N4O2/c1-15-8-4-2-3-7(5-8)10-9(11(13)14)12-6-16-10;1-6(14)8-3-2-7(15-8)5-13-11-4-9(10)12-13/h2-6H,1H3,(H,13,14);2-4H,5H2,1H3,(H2,10,12). The predicted octanol–water partition coefficient (Wildman–Crippen LogP) is 2.75. The highest BCUT2D eigenvalue weighted by molar-refractivity contribution is 5.92. The fraction of sp³-hybridized carbons (Fsp3) is 0.150. The zero-order valence-electron chi connectivity index (χ0n) is 16.7. The van der Waals surface area contributed by atoms with E-state index in [1.165, 1.54) is 25.0 Å². The first-order valence-electron chi connectivity index (χ1n) is 8.94. The number of aromatic nitrogens is 4. The number of anilines is 1. The largest absolute Gasteiger partial charge is 0.497 e. The highest BCUT2D eigenvalue weighted by Gasteiger charge is 2.17. The van der Waals surface area contributed by atoms with Crippen molar-refractivity contribution in [2.75, 3.05) is 12.8 Å². The van der Waals surface area contributed by atoms with Crippen molar-refractivity contribution < 1.29 is 28.3 Å². The molecule has 3 N–H and O–H groups in total. The summed E-state index contributed by atoms with van der Waals surface area (Å²) in [5.41, 5.74) is 5.92. The van der Waals surface area contributed by atoms with Gasteiger partial charge in [-0.3, -0.25) is 4.79 Å². The average Bonchev–Trinajstić information content (AvgIpc) is 3.50. The molecule has 0 saturated heterocycles. The van der Waals surface area contributed by atoms with Gasteiger partial charge < -0.3 is 24.4 Å². The molecule has 31 heavy (non-hydrogen) atoms. The lowest BCUT2D eigenvalue weighted by atomic mass is 10.1. The molecular weight excluding hydrogens is 406 g/mol. The van der Waals surface area contributed by atoms with Crippen molar-refractivity contribution in [1.29, 1.82) is 0 Å². The van der Waals surface area contributed by atoms with Crippen LogP contribution < -0.4 is 10.5 Å². The van der Waals surface area contributed by atoms with E-state index in [1.807, 2.05) is 0 Å². The van der Waals surface area contributed by atoms with Gasteiger partial charge in [-0.05, 0) is 24.3 Å². The molecule has 0 atom stereocenters. The van der Waals surface area contributed by atoms with Gasteiger partial charge in [0.25, 0.3) is 0 Å². The maximum absolute atomic E-state index is 11.0. The molecule has 160 valence electrons. The van der Waals surface area contributed by atoms with E-state index in [-0.39, 0.29) is 17.2 Å². The Hall–Kier alpha value is -4.41. The molecule has 0 radical (unpaired) electrons. The number of aromatic carboxylic acids is 1. The molecule has 3 aromatic heterocycles. The first kappa shape index (κ1) is 21.3. The number of nitrogens with two attached hydrogens (primary N) is 1. The summed E-state index contributed by atoms with van der Waals surface area (Å²) in [4.78, 5) is 26.9. The van der Waals surface area contributed by atoms with Crippen LogP contribution in [0.5, 0.6) is 5.75 Å². The van der Waals surface area contributed by atoms with E-state index in [1.54, 1.807) is 36.4 Å². The van der Waals surface area contributed by atoms with Crippen molar-refractivity contribution in [2.24, 2.45) is 0 Å². The molecule has 0 aliphatic carbocycles. The zero-order valence-corrected chi connectivity index (χ0v) is 16.7. The van der Waals surface area contributed by atoms with Crippen LogP contribution in [-0.4, -0.2) is 43.9 Å². The van der Waals surface area contributed by atoms with E-state index in [2.05, 4.69) is 15.2 Å². The number of carbonyl (C=O) groups is 2. The molecule has 3 heterocycles. The fourth-order valence-electron chi connectivity index (χ4n) is 2.55. The number of hydrogen-bond donors (Lipinski definition) is 2. The monoisotopic (exact) mass is 425 g/mol. The molecule has 0 fully saturated rings. The van der Waals surface area contributed by atoms with Crippen LogP contribution in [0.1, 0.15) is 33.7 Å². The Morgan fingerprint density at radius 2 is 2.06 bits per heavy atom. The number of nitrogens with zero attached hydrogens (tertiary/aromatic N) is 4. The molecule has 11 nitrogen and oxygen atoms in total. The van der Waals surface area contributed by atoms with Gasteiger partial charge in [-0.2, -0.15) is 9.90 Å². The van der Waals surface area contributed by atoms with Crippen molar-refractivity contribution in [3.8, 4) is 17.1 Å². The second-order valence-corrected chi connectivity index (χ2v) is 6.19. The number of hydrogen-bond acceptors (Lipinski definition) is 9.